The van der Waals surface area contributed by atoms with Crippen molar-refractivity contribution in [3.8, 4) is 11.6 Å². The zero-order valence-corrected chi connectivity index (χ0v) is 12.7. The van der Waals surface area contributed by atoms with Gasteiger partial charge in [0, 0.05) is 11.5 Å². The Morgan fingerprint density at radius 3 is 2.55 bits per heavy atom. The number of halogens is 1. The van der Waals surface area contributed by atoms with Gasteiger partial charge < -0.3 is 4.74 Å². The molecule has 3 rings (SSSR count). The van der Waals surface area contributed by atoms with E-state index in [1.54, 1.807) is 0 Å². The number of aromatic nitrogens is 2. The molecule has 0 aliphatic heterocycles. The summed E-state index contributed by atoms with van der Waals surface area (Å²) in [5.74, 6) is 2.65. The van der Waals surface area contributed by atoms with Gasteiger partial charge in [-0.25, -0.2) is 4.98 Å². The highest BCUT2D eigenvalue weighted by molar-refractivity contribution is 6.30. The van der Waals surface area contributed by atoms with Crippen molar-refractivity contribution >= 4 is 11.6 Å². The van der Waals surface area contributed by atoms with Gasteiger partial charge in [-0.15, -0.1) is 0 Å². The Hall–Kier alpha value is -1.61. The second kappa shape index (κ2) is 5.06. The Morgan fingerprint density at radius 2 is 1.85 bits per heavy atom. The fourth-order valence-electron chi connectivity index (χ4n) is 2.05. The normalized spacial score (nSPS) is 14.4. The number of nitrogens with zero attached hydrogens (tertiary/aromatic N) is 2. The second-order valence-electron chi connectivity index (χ2n) is 5.38. The molecule has 2 aromatic rings. The monoisotopic (exact) mass is 288 g/mol. The third-order valence-corrected chi connectivity index (χ3v) is 4.13. The first kappa shape index (κ1) is 13.4. The van der Waals surface area contributed by atoms with Gasteiger partial charge in [-0.3, -0.25) is 0 Å². The van der Waals surface area contributed by atoms with Crippen LogP contribution in [-0.4, -0.2) is 9.97 Å². The lowest BCUT2D eigenvalue weighted by molar-refractivity contribution is 0.450. The number of rotatable bonds is 3. The fraction of sp³-hybridized carbons (Fsp3) is 0.375. The van der Waals surface area contributed by atoms with Crippen molar-refractivity contribution in [3.63, 3.8) is 0 Å². The maximum Gasteiger partial charge on any atom is 0.227 e. The average Bonchev–Trinajstić information content (AvgIpc) is 3.24. The zero-order chi connectivity index (χ0) is 14.3. The molecule has 0 atom stereocenters. The van der Waals surface area contributed by atoms with Crippen molar-refractivity contribution in [3.05, 3.63) is 45.9 Å². The van der Waals surface area contributed by atoms with Crippen LogP contribution in [0, 0.1) is 20.8 Å². The predicted octanol–water partition coefficient (Wildman–Crippen LogP) is 4.72. The van der Waals surface area contributed by atoms with E-state index in [1.807, 2.05) is 26.0 Å². The van der Waals surface area contributed by atoms with Gasteiger partial charge in [0.25, 0.3) is 0 Å². The maximum absolute atomic E-state index is 6.20. The summed E-state index contributed by atoms with van der Waals surface area (Å²) in [5, 5.41) is 0.488. The highest BCUT2D eigenvalue weighted by Crippen LogP contribution is 2.40. The molecule has 1 aromatic carbocycles. The van der Waals surface area contributed by atoms with Gasteiger partial charge in [0.2, 0.25) is 5.88 Å². The van der Waals surface area contributed by atoms with E-state index in [2.05, 4.69) is 23.0 Å². The minimum Gasteiger partial charge on any atom is -0.438 e. The van der Waals surface area contributed by atoms with Crippen LogP contribution in [0.15, 0.2) is 18.2 Å². The standard InChI is InChI=1S/C16H17ClN2O/c1-9-5-4-6-13(10(9)2)20-16-11(3)14(17)18-15(19-16)12-7-8-12/h4-6,12H,7-8H2,1-3H3. The molecule has 0 unspecified atom stereocenters. The van der Waals surface area contributed by atoms with Crippen molar-refractivity contribution in [1.82, 2.24) is 9.97 Å². The average molecular weight is 289 g/mol. The Balaban J connectivity index is 1.99. The van der Waals surface area contributed by atoms with Crippen LogP contribution >= 0.6 is 11.6 Å². The van der Waals surface area contributed by atoms with Crippen LogP contribution < -0.4 is 4.74 Å². The number of ether oxygens (including phenoxy) is 1. The second-order valence-corrected chi connectivity index (χ2v) is 5.74. The highest BCUT2D eigenvalue weighted by atomic mass is 35.5. The van der Waals surface area contributed by atoms with E-state index in [0.29, 0.717) is 17.0 Å². The Kier molecular flexibility index (Phi) is 3.38. The molecule has 0 spiro atoms. The molecule has 1 aromatic heterocycles. The first-order valence-electron chi connectivity index (χ1n) is 6.84. The molecule has 1 fully saturated rings. The van der Waals surface area contributed by atoms with E-state index < -0.39 is 0 Å². The lowest BCUT2D eigenvalue weighted by atomic mass is 10.1. The van der Waals surface area contributed by atoms with Gasteiger partial charge in [0.05, 0.1) is 0 Å². The molecule has 1 saturated carbocycles. The van der Waals surface area contributed by atoms with E-state index in [0.717, 1.165) is 35.5 Å². The van der Waals surface area contributed by atoms with E-state index >= 15 is 0 Å². The van der Waals surface area contributed by atoms with Gasteiger partial charge in [-0.1, -0.05) is 23.7 Å². The number of benzene rings is 1. The lowest BCUT2D eigenvalue weighted by Crippen LogP contribution is -2.01. The van der Waals surface area contributed by atoms with E-state index in [9.17, 15) is 0 Å². The maximum atomic E-state index is 6.20. The molecule has 0 N–H and O–H groups in total. The largest absolute Gasteiger partial charge is 0.438 e. The van der Waals surface area contributed by atoms with Gasteiger partial charge >= 0.3 is 0 Å². The lowest BCUT2D eigenvalue weighted by Gasteiger charge is -2.13. The van der Waals surface area contributed by atoms with Crippen molar-refractivity contribution in [2.45, 2.75) is 39.5 Å². The van der Waals surface area contributed by atoms with Crippen molar-refractivity contribution in [1.29, 1.82) is 0 Å². The van der Waals surface area contributed by atoms with Gasteiger partial charge in [-0.05, 0) is 50.8 Å². The summed E-state index contributed by atoms with van der Waals surface area (Å²) in [6.07, 6.45) is 2.28. The molecular formula is C16H17ClN2O. The van der Waals surface area contributed by atoms with Gasteiger partial charge in [0.15, 0.2) is 0 Å². The molecule has 20 heavy (non-hydrogen) atoms. The number of hydrogen-bond acceptors (Lipinski definition) is 3. The van der Waals surface area contributed by atoms with Crippen LogP contribution in [0.4, 0.5) is 0 Å². The quantitative estimate of drug-likeness (QED) is 0.766. The summed E-state index contributed by atoms with van der Waals surface area (Å²) in [6, 6.07) is 6.00. The smallest absolute Gasteiger partial charge is 0.227 e. The summed E-state index contributed by atoms with van der Waals surface area (Å²) in [5.41, 5.74) is 3.11. The van der Waals surface area contributed by atoms with Crippen LogP contribution in [0.1, 0.15) is 41.3 Å². The Morgan fingerprint density at radius 1 is 1.10 bits per heavy atom. The van der Waals surface area contributed by atoms with Crippen LogP contribution in [0.5, 0.6) is 11.6 Å². The van der Waals surface area contributed by atoms with E-state index in [-0.39, 0.29) is 0 Å². The topological polar surface area (TPSA) is 35.0 Å². The van der Waals surface area contributed by atoms with Crippen molar-refractivity contribution in [2.75, 3.05) is 0 Å². The van der Waals surface area contributed by atoms with E-state index in [1.165, 1.54) is 5.56 Å². The highest BCUT2D eigenvalue weighted by Gasteiger charge is 2.28. The first-order valence-corrected chi connectivity index (χ1v) is 7.22. The molecule has 4 heteroatoms. The van der Waals surface area contributed by atoms with Crippen LogP contribution in [-0.2, 0) is 0 Å². The van der Waals surface area contributed by atoms with Crippen LogP contribution in [0.25, 0.3) is 0 Å². The summed E-state index contributed by atoms with van der Waals surface area (Å²) in [6.45, 7) is 6.00. The molecule has 0 saturated heterocycles. The van der Waals surface area contributed by atoms with Crippen molar-refractivity contribution < 1.29 is 4.74 Å². The Bertz CT molecular complexity index is 666. The SMILES string of the molecule is Cc1cccc(Oc2nc(C3CC3)nc(Cl)c2C)c1C. The molecule has 1 aliphatic rings. The third kappa shape index (κ3) is 2.50. The Labute approximate surface area is 124 Å². The van der Waals surface area contributed by atoms with E-state index in [4.69, 9.17) is 16.3 Å². The summed E-state index contributed by atoms with van der Waals surface area (Å²) < 4.78 is 5.98. The molecule has 0 amide bonds. The summed E-state index contributed by atoms with van der Waals surface area (Å²) >= 11 is 6.20. The molecule has 1 heterocycles. The third-order valence-electron chi connectivity index (χ3n) is 3.76. The molecule has 0 bridgehead atoms. The minimum absolute atomic E-state index is 0.453. The minimum atomic E-state index is 0.453. The van der Waals surface area contributed by atoms with Gasteiger partial charge in [0.1, 0.15) is 16.7 Å². The summed E-state index contributed by atoms with van der Waals surface area (Å²) in [7, 11) is 0. The van der Waals surface area contributed by atoms with Crippen LogP contribution in [0.3, 0.4) is 0 Å². The van der Waals surface area contributed by atoms with Crippen LogP contribution in [0.2, 0.25) is 5.15 Å². The summed E-state index contributed by atoms with van der Waals surface area (Å²) in [4.78, 5) is 8.89. The number of aryl methyl sites for hydroxylation is 1. The molecule has 0 radical (unpaired) electrons. The first-order chi connectivity index (χ1) is 9.56. The molecule has 1 aliphatic carbocycles. The molecule has 3 nitrogen and oxygen atoms in total. The van der Waals surface area contributed by atoms with Crippen molar-refractivity contribution in [2.24, 2.45) is 0 Å². The molecule has 104 valence electrons. The zero-order valence-electron chi connectivity index (χ0n) is 11.9. The molecular weight excluding hydrogens is 272 g/mol. The number of hydrogen-bond donors (Lipinski definition) is 0. The predicted molar refractivity (Wildman–Crippen MR) is 79.7 cm³/mol. The fourth-order valence-corrected chi connectivity index (χ4v) is 2.22. The van der Waals surface area contributed by atoms with Gasteiger partial charge in [-0.2, -0.15) is 4.98 Å².